The van der Waals surface area contributed by atoms with Crippen LogP contribution in [0.15, 0.2) is 72.9 Å². The Morgan fingerprint density at radius 3 is 2.34 bits per heavy atom. The first-order valence-corrected chi connectivity index (χ1v) is 13.4. The van der Waals surface area contributed by atoms with E-state index in [1.807, 2.05) is 61.2 Å². The second kappa shape index (κ2) is 11.1. The smallest absolute Gasteiger partial charge is 0.311 e. The Morgan fingerprint density at radius 2 is 1.68 bits per heavy atom. The molecule has 8 heteroatoms. The first-order valence-electron chi connectivity index (χ1n) is 13.4. The van der Waals surface area contributed by atoms with Crippen LogP contribution in [0.2, 0.25) is 0 Å². The average Bonchev–Trinajstić information content (AvgIpc) is 2.94. The molecule has 0 spiro atoms. The summed E-state index contributed by atoms with van der Waals surface area (Å²) in [4.78, 5) is 30.2. The Kier molecular flexibility index (Phi) is 7.60. The minimum atomic E-state index is -0.844. The molecule has 3 aromatic carbocycles. The zero-order valence-corrected chi connectivity index (χ0v) is 23.5. The standard InChI is InChI=1S/C33H32FN3O4/c1-20-23(22-15-27(34)26(30(16-22)41-4)17-37-18-33(3,19-37)32(39)40)9-7-10-24(20)25-11-8-13-28(21(25)2)36-31(38)29-12-5-6-14-35-29/h5-16H,17-19H2,1-4H3,(H,36,38)(H,39,40). The molecule has 0 saturated carbocycles. The molecule has 1 amide bonds. The summed E-state index contributed by atoms with van der Waals surface area (Å²) < 4.78 is 21.1. The fourth-order valence-corrected chi connectivity index (χ4v) is 5.50. The summed E-state index contributed by atoms with van der Waals surface area (Å²) in [5.74, 6) is -1.11. The zero-order valence-electron chi connectivity index (χ0n) is 23.5. The van der Waals surface area contributed by atoms with E-state index in [2.05, 4.69) is 10.3 Å². The molecule has 1 aliphatic heterocycles. The van der Waals surface area contributed by atoms with Gasteiger partial charge in [-0.1, -0.05) is 36.4 Å². The number of aromatic nitrogens is 1. The van der Waals surface area contributed by atoms with Gasteiger partial charge in [-0.2, -0.15) is 0 Å². The van der Waals surface area contributed by atoms with E-state index in [0.717, 1.165) is 27.8 Å². The summed E-state index contributed by atoms with van der Waals surface area (Å²) in [7, 11) is 1.51. The molecule has 1 fully saturated rings. The number of likely N-dealkylation sites (tertiary alicyclic amines) is 1. The number of ether oxygens (including phenoxy) is 1. The Labute approximate surface area is 238 Å². The van der Waals surface area contributed by atoms with Crippen molar-refractivity contribution in [2.45, 2.75) is 27.3 Å². The van der Waals surface area contributed by atoms with Crippen LogP contribution in [0.5, 0.6) is 5.75 Å². The second-order valence-electron chi connectivity index (χ2n) is 10.8. The third-order valence-electron chi connectivity index (χ3n) is 7.83. The highest BCUT2D eigenvalue weighted by atomic mass is 19.1. The van der Waals surface area contributed by atoms with E-state index >= 15 is 4.39 Å². The van der Waals surface area contributed by atoms with Gasteiger partial charge in [0.25, 0.3) is 5.91 Å². The largest absolute Gasteiger partial charge is 0.496 e. The molecule has 1 saturated heterocycles. The van der Waals surface area contributed by atoms with Gasteiger partial charge in [-0.15, -0.1) is 0 Å². The maximum absolute atomic E-state index is 15.5. The number of carbonyl (C=O) groups excluding carboxylic acids is 1. The Bertz CT molecular complexity index is 1630. The van der Waals surface area contributed by atoms with Crippen LogP contribution in [-0.2, 0) is 11.3 Å². The molecular formula is C33H32FN3O4. The molecule has 0 radical (unpaired) electrons. The predicted molar refractivity (Wildman–Crippen MR) is 157 cm³/mol. The minimum Gasteiger partial charge on any atom is -0.496 e. The van der Waals surface area contributed by atoms with Crippen LogP contribution >= 0.6 is 0 Å². The summed E-state index contributed by atoms with van der Waals surface area (Å²) in [6.45, 7) is 6.63. The van der Waals surface area contributed by atoms with Crippen molar-refractivity contribution in [1.82, 2.24) is 9.88 Å². The average molecular weight is 554 g/mol. The van der Waals surface area contributed by atoms with Crippen molar-refractivity contribution in [1.29, 1.82) is 0 Å². The lowest BCUT2D eigenvalue weighted by Crippen LogP contribution is -2.58. The fraction of sp³-hybridized carbons (Fsp3) is 0.242. The van der Waals surface area contributed by atoms with Crippen molar-refractivity contribution < 1.29 is 23.8 Å². The van der Waals surface area contributed by atoms with Crippen molar-refractivity contribution in [2.24, 2.45) is 5.41 Å². The van der Waals surface area contributed by atoms with E-state index in [1.54, 1.807) is 31.3 Å². The van der Waals surface area contributed by atoms with Crippen LogP contribution in [0, 0.1) is 25.1 Å². The predicted octanol–water partition coefficient (Wildman–Crippen LogP) is 6.34. The third-order valence-corrected chi connectivity index (χ3v) is 7.83. The number of carboxylic acids is 1. The number of anilines is 1. The van der Waals surface area contributed by atoms with Gasteiger partial charge in [-0.05, 0) is 84.5 Å². The third kappa shape index (κ3) is 5.43. The number of methoxy groups -OCH3 is 1. The molecule has 0 atom stereocenters. The van der Waals surface area contributed by atoms with Crippen molar-refractivity contribution >= 4 is 17.6 Å². The summed E-state index contributed by atoms with van der Waals surface area (Å²) in [5.41, 5.74) is 5.93. The molecule has 2 N–H and O–H groups in total. The number of carboxylic acid groups (broad SMARTS) is 1. The van der Waals surface area contributed by atoms with Gasteiger partial charge >= 0.3 is 5.97 Å². The van der Waals surface area contributed by atoms with Crippen LogP contribution in [0.3, 0.4) is 0 Å². The van der Waals surface area contributed by atoms with Gasteiger partial charge < -0.3 is 15.2 Å². The number of aliphatic carboxylic acids is 1. The minimum absolute atomic E-state index is 0.271. The highest BCUT2D eigenvalue weighted by Gasteiger charge is 2.45. The molecule has 4 aromatic rings. The monoisotopic (exact) mass is 553 g/mol. The van der Waals surface area contributed by atoms with Crippen LogP contribution in [0.1, 0.15) is 34.1 Å². The number of nitrogens with one attached hydrogen (secondary N) is 1. The molecule has 7 nitrogen and oxygen atoms in total. The Hall–Kier alpha value is -4.56. The lowest BCUT2D eigenvalue weighted by molar-refractivity contribution is -0.159. The normalized spacial score (nSPS) is 14.3. The van der Waals surface area contributed by atoms with Crippen LogP contribution in [0.25, 0.3) is 22.3 Å². The zero-order chi connectivity index (χ0) is 29.3. The molecular weight excluding hydrogens is 521 g/mol. The number of carbonyl (C=O) groups is 2. The van der Waals surface area contributed by atoms with Gasteiger partial charge in [-0.3, -0.25) is 19.5 Å². The summed E-state index contributed by atoms with van der Waals surface area (Å²) in [5, 5.41) is 12.4. The summed E-state index contributed by atoms with van der Waals surface area (Å²) in [6.07, 6.45) is 1.58. The highest BCUT2D eigenvalue weighted by Crippen LogP contribution is 2.39. The number of amides is 1. The highest BCUT2D eigenvalue weighted by molar-refractivity contribution is 6.03. The molecule has 0 bridgehead atoms. The Balaban J connectivity index is 1.44. The van der Waals surface area contributed by atoms with E-state index in [-0.39, 0.29) is 12.5 Å². The quantitative estimate of drug-likeness (QED) is 0.265. The molecule has 210 valence electrons. The number of pyridine rings is 1. The van der Waals surface area contributed by atoms with Crippen molar-refractivity contribution in [2.75, 3.05) is 25.5 Å². The van der Waals surface area contributed by atoms with E-state index in [4.69, 9.17) is 4.74 Å². The Morgan fingerprint density at radius 1 is 1.00 bits per heavy atom. The second-order valence-corrected chi connectivity index (χ2v) is 10.8. The maximum Gasteiger partial charge on any atom is 0.311 e. The van der Waals surface area contributed by atoms with Crippen LogP contribution in [0.4, 0.5) is 10.1 Å². The van der Waals surface area contributed by atoms with E-state index < -0.39 is 17.2 Å². The molecule has 1 aromatic heterocycles. The molecule has 41 heavy (non-hydrogen) atoms. The van der Waals surface area contributed by atoms with Gasteiger partial charge in [0.15, 0.2) is 0 Å². The van der Waals surface area contributed by atoms with Crippen LogP contribution in [-0.4, -0.2) is 47.1 Å². The van der Waals surface area contributed by atoms with E-state index in [0.29, 0.717) is 41.3 Å². The topological polar surface area (TPSA) is 91.8 Å². The van der Waals surface area contributed by atoms with Gasteiger partial charge in [0.05, 0.1) is 12.5 Å². The van der Waals surface area contributed by atoms with Gasteiger partial charge in [0.2, 0.25) is 0 Å². The molecule has 0 unspecified atom stereocenters. The van der Waals surface area contributed by atoms with Gasteiger partial charge in [0, 0.05) is 37.1 Å². The molecule has 5 rings (SSSR count). The number of hydrogen-bond donors (Lipinski definition) is 2. The lowest BCUT2D eigenvalue weighted by atomic mass is 9.82. The number of nitrogens with zero attached hydrogens (tertiary/aromatic N) is 2. The number of hydrogen-bond acceptors (Lipinski definition) is 5. The molecule has 0 aliphatic carbocycles. The number of benzene rings is 3. The van der Waals surface area contributed by atoms with Gasteiger partial charge in [-0.25, -0.2) is 4.39 Å². The SMILES string of the molecule is COc1cc(-c2cccc(-c3cccc(NC(=O)c4ccccn4)c3C)c2C)cc(F)c1CN1CC(C)(C(=O)O)C1. The van der Waals surface area contributed by atoms with Gasteiger partial charge in [0.1, 0.15) is 17.3 Å². The fourth-order valence-electron chi connectivity index (χ4n) is 5.50. The number of halogens is 1. The van der Waals surface area contributed by atoms with E-state index in [1.165, 1.54) is 13.2 Å². The summed E-state index contributed by atoms with van der Waals surface area (Å²) in [6, 6.07) is 20.2. The van der Waals surface area contributed by atoms with Crippen LogP contribution < -0.4 is 10.1 Å². The maximum atomic E-state index is 15.5. The molecule has 1 aliphatic rings. The lowest BCUT2D eigenvalue weighted by Gasteiger charge is -2.45. The summed E-state index contributed by atoms with van der Waals surface area (Å²) >= 11 is 0. The van der Waals surface area contributed by atoms with Crippen molar-refractivity contribution in [3.05, 3.63) is 101 Å². The van der Waals surface area contributed by atoms with Crippen molar-refractivity contribution in [3.63, 3.8) is 0 Å². The van der Waals surface area contributed by atoms with Crippen molar-refractivity contribution in [3.8, 4) is 28.0 Å². The number of rotatable bonds is 8. The molecule has 2 heterocycles. The first kappa shape index (κ1) is 28.0. The van der Waals surface area contributed by atoms with E-state index in [9.17, 15) is 14.7 Å². The first-order chi connectivity index (χ1) is 19.6.